The SMILES string of the molecule is C[C@]1(c2ccc(F)cc2)CNC[C@H]1c1ccc(-c2ccccc2)cc1. The lowest BCUT2D eigenvalue weighted by Gasteiger charge is -2.31. The first kappa shape index (κ1) is 16.0. The summed E-state index contributed by atoms with van der Waals surface area (Å²) in [6.07, 6.45) is 0. The summed E-state index contributed by atoms with van der Waals surface area (Å²) >= 11 is 0. The largest absolute Gasteiger partial charge is 0.315 e. The molecule has 3 aromatic rings. The summed E-state index contributed by atoms with van der Waals surface area (Å²) in [6.45, 7) is 4.12. The third kappa shape index (κ3) is 2.98. The Morgan fingerprint density at radius 3 is 2.16 bits per heavy atom. The van der Waals surface area contributed by atoms with Gasteiger partial charge in [-0.05, 0) is 34.4 Å². The predicted octanol–water partition coefficient (Wildman–Crippen LogP) is 5.14. The van der Waals surface area contributed by atoms with Crippen molar-refractivity contribution in [2.24, 2.45) is 0 Å². The summed E-state index contributed by atoms with van der Waals surface area (Å²) in [5.74, 6) is 0.199. The van der Waals surface area contributed by atoms with Crippen LogP contribution in [0.5, 0.6) is 0 Å². The van der Waals surface area contributed by atoms with Gasteiger partial charge in [-0.2, -0.15) is 0 Å². The normalized spacial score (nSPS) is 22.9. The summed E-state index contributed by atoms with van der Waals surface area (Å²) in [5, 5.41) is 3.53. The second kappa shape index (κ2) is 6.45. The molecule has 0 bridgehead atoms. The van der Waals surface area contributed by atoms with Crippen molar-refractivity contribution in [1.82, 2.24) is 5.32 Å². The van der Waals surface area contributed by atoms with E-state index in [1.807, 2.05) is 18.2 Å². The van der Waals surface area contributed by atoms with Crippen molar-refractivity contribution in [3.05, 3.63) is 95.8 Å². The lowest BCUT2D eigenvalue weighted by atomic mass is 9.71. The highest BCUT2D eigenvalue weighted by Gasteiger charge is 2.40. The maximum atomic E-state index is 13.3. The Hall–Kier alpha value is -2.45. The molecular formula is C23H22FN. The van der Waals surface area contributed by atoms with Crippen LogP contribution in [0.15, 0.2) is 78.9 Å². The summed E-state index contributed by atoms with van der Waals surface area (Å²) in [7, 11) is 0. The molecule has 1 aliphatic heterocycles. The Morgan fingerprint density at radius 1 is 0.840 bits per heavy atom. The smallest absolute Gasteiger partial charge is 0.123 e. The van der Waals surface area contributed by atoms with Crippen molar-refractivity contribution >= 4 is 0 Å². The van der Waals surface area contributed by atoms with E-state index in [2.05, 4.69) is 60.8 Å². The van der Waals surface area contributed by atoms with E-state index in [1.165, 1.54) is 22.3 Å². The van der Waals surface area contributed by atoms with E-state index in [-0.39, 0.29) is 11.2 Å². The standard InChI is InChI=1S/C23H22FN/c1-23(20-11-13-21(24)14-12-20)16-25-15-22(23)19-9-7-18(8-10-19)17-5-3-2-4-6-17/h2-14,22,25H,15-16H2,1H3/t22-,23+/m0/s1. The number of hydrogen-bond donors (Lipinski definition) is 1. The lowest BCUT2D eigenvalue weighted by Crippen LogP contribution is -2.30. The van der Waals surface area contributed by atoms with Crippen LogP contribution in [0.2, 0.25) is 0 Å². The molecule has 0 saturated carbocycles. The van der Waals surface area contributed by atoms with Gasteiger partial charge in [0.15, 0.2) is 0 Å². The first-order valence-corrected chi connectivity index (χ1v) is 8.79. The van der Waals surface area contributed by atoms with Gasteiger partial charge in [-0.15, -0.1) is 0 Å². The third-order valence-corrected chi connectivity index (χ3v) is 5.53. The van der Waals surface area contributed by atoms with Crippen molar-refractivity contribution in [3.63, 3.8) is 0 Å². The van der Waals surface area contributed by atoms with Gasteiger partial charge in [0.05, 0.1) is 0 Å². The number of hydrogen-bond acceptors (Lipinski definition) is 1. The average Bonchev–Trinajstić information content (AvgIpc) is 3.06. The zero-order valence-corrected chi connectivity index (χ0v) is 14.4. The van der Waals surface area contributed by atoms with E-state index in [0.717, 1.165) is 13.1 Å². The van der Waals surface area contributed by atoms with Gasteiger partial charge in [-0.25, -0.2) is 4.39 Å². The second-order valence-corrected chi connectivity index (χ2v) is 7.10. The van der Waals surface area contributed by atoms with Crippen LogP contribution in [-0.4, -0.2) is 13.1 Å². The number of rotatable bonds is 3. The van der Waals surface area contributed by atoms with Crippen LogP contribution in [0.4, 0.5) is 4.39 Å². The van der Waals surface area contributed by atoms with Gasteiger partial charge in [-0.1, -0.05) is 73.7 Å². The van der Waals surface area contributed by atoms with Crippen LogP contribution in [0, 0.1) is 5.82 Å². The minimum absolute atomic E-state index is 0.0258. The van der Waals surface area contributed by atoms with Gasteiger partial charge >= 0.3 is 0 Å². The van der Waals surface area contributed by atoms with E-state index in [1.54, 1.807) is 12.1 Å². The van der Waals surface area contributed by atoms with Crippen molar-refractivity contribution in [2.45, 2.75) is 18.3 Å². The van der Waals surface area contributed by atoms with Crippen molar-refractivity contribution in [1.29, 1.82) is 0 Å². The fraction of sp³-hybridized carbons (Fsp3) is 0.217. The summed E-state index contributed by atoms with van der Waals surface area (Å²) in [6, 6.07) is 26.3. The zero-order chi connectivity index (χ0) is 17.3. The maximum Gasteiger partial charge on any atom is 0.123 e. The first-order valence-electron chi connectivity index (χ1n) is 8.79. The zero-order valence-electron chi connectivity index (χ0n) is 14.4. The van der Waals surface area contributed by atoms with Crippen LogP contribution >= 0.6 is 0 Å². The lowest BCUT2D eigenvalue weighted by molar-refractivity contribution is 0.464. The molecule has 1 aliphatic rings. The molecule has 1 nitrogen and oxygen atoms in total. The van der Waals surface area contributed by atoms with Gasteiger partial charge in [0.1, 0.15) is 5.82 Å². The molecule has 0 unspecified atom stereocenters. The molecule has 2 heteroatoms. The summed E-state index contributed by atoms with van der Waals surface area (Å²) < 4.78 is 13.3. The Bertz CT molecular complexity index is 840. The molecule has 4 rings (SSSR count). The topological polar surface area (TPSA) is 12.0 Å². The second-order valence-electron chi connectivity index (χ2n) is 7.10. The summed E-state index contributed by atoms with van der Waals surface area (Å²) in [4.78, 5) is 0. The van der Waals surface area contributed by atoms with E-state index >= 15 is 0 Å². The minimum atomic E-state index is -0.179. The average molecular weight is 331 g/mol. The van der Waals surface area contributed by atoms with Crippen LogP contribution in [0.3, 0.4) is 0 Å². The predicted molar refractivity (Wildman–Crippen MR) is 101 cm³/mol. The van der Waals surface area contributed by atoms with Gasteiger partial charge < -0.3 is 5.32 Å². The molecule has 0 radical (unpaired) electrons. The Labute approximate surface area is 148 Å². The molecule has 0 aliphatic carbocycles. The molecule has 3 aromatic carbocycles. The van der Waals surface area contributed by atoms with Crippen molar-refractivity contribution < 1.29 is 4.39 Å². The molecular weight excluding hydrogens is 309 g/mol. The molecule has 25 heavy (non-hydrogen) atoms. The maximum absolute atomic E-state index is 13.3. The molecule has 1 saturated heterocycles. The molecule has 2 atom stereocenters. The van der Waals surface area contributed by atoms with Gasteiger partial charge in [-0.3, -0.25) is 0 Å². The highest BCUT2D eigenvalue weighted by atomic mass is 19.1. The van der Waals surface area contributed by atoms with Crippen molar-refractivity contribution in [2.75, 3.05) is 13.1 Å². The third-order valence-electron chi connectivity index (χ3n) is 5.53. The van der Waals surface area contributed by atoms with Gasteiger partial charge in [0.25, 0.3) is 0 Å². The van der Waals surface area contributed by atoms with Crippen LogP contribution in [-0.2, 0) is 5.41 Å². The fourth-order valence-corrected chi connectivity index (χ4v) is 3.98. The number of halogens is 1. The molecule has 0 spiro atoms. The molecule has 0 amide bonds. The Morgan fingerprint density at radius 2 is 1.48 bits per heavy atom. The van der Waals surface area contributed by atoms with Crippen molar-refractivity contribution in [3.8, 4) is 11.1 Å². The number of benzene rings is 3. The molecule has 0 aromatic heterocycles. The molecule has 1 N–H and O–H groups in total. The minimum Gasteiger partial charge on any atom is -0.315 e. The summed E-state index contributed by atoms with van der Waals surface area (Å²) in [5.41, 5.74) is 4.97. The Balaban J connectivity index is 1.65. The number of nitrogens with one attached hydrogen (secondary N) is 1. The van der Waals surface area contributed by atoms with Gasteiger partial charge in [0, 0.05) is 24.4 Å². The van der Waals surface area contributed by atoms with Gasteiger partial charge in [0.2, 0.25) is 0 Å². The highest BCUT2D eigenvalue weighted by Crippen LogP contribution is 2.42. The highest BCUT2D eigenvalue weighted by molar-refractivity contribution is 5.63. The Kier molecular flexibility index (Phi) is 4.14. The van der Waals surface area contributed by atoms with E-state index < -0.39 is 0 Å². The quantitative estimate of drug-likeness (QED) is 0.701. The van der Waals surface area contributed by atoms with Crippen LogP contribution in [0.1, 0.15) is 24.0 Å². The molecule has 1 fully saturated rings. The molecule has 126 valence electrons. The van der Waals surface area contributed by atoms with E-state index in [0.29, 0.717) is 5.92 Å². The van der Waals surface area contributed by atoms with E-state index in [9.17, 15) is 4.39 Å². The van der Waals surface area contributed by atoms with E-state index in [4.69, 9.17) is 0 Å². The first-order chi connectivity index (χ1) is 12.2. The molecule has 1 heterocycles. The fourth-order valence-electron chi connectivity index (χ4n) is 3.98. The van der Waals surface area contributed by atoms with Crippen LogP contribution in [0.25, 0.3) is 11.1 Å². The monoisotopic (exact) mass is 331 g/mol. The van der Waals surface area contributed by atoms with Crippen LogP contribution < -0.4 is 5.32 Å².